The lowest BCUT2D eigenvalue weighted by Crippen LogP contribution is -2.55. The summed E-state index contributed by atoms with van der Waals surface area (Å²) in [5.74, 6) is -0.663. The molecule has 1 unspecified atom stereocenters. The van der Waals surface area contributed by atoms with Gasteiger partial charge in [-0.3, -0.25) is 9.59 Å². The predicted molar refractivity (Wildman–Crippen MR) is 100 cm³/mol. The Morgan fingerprint density at radius 2 is 1.93 bits per heavy atom. The van der Waals surface area contributed by atoms with Gasteiger partial charge in [-0.1, -0.05) is 11.6 Å². The van der Waals surface area contributed by atoms with Crippen molar-refractivity contribution in [1.82, 2.24) is 14.5 Å². The van der Waals surface area contributed by atoms with Crippen molar-refractivity contribution in [2.75, 3.05) is 26.2 Å². The average Bonchev–Trinajstić information content (AvgIpc) is 3.33. The van der Waals surface area contributed by atoms with E-state index in [2.05, 4.69) is 5.32 Å². The van der Waals surface area contributed by atoms with Gasteiger partial charge in [0.15, 0.2) is 0 Å². The standard InChI is InChI=1S/C16H18ClN3O5S2/c1-11(18-15(21)12-4-9-25-10-12)16(22)19-5-7-20(8-6-19)27(23,24)14-3-2-13(17)26-14/h2-4,9-11H,5-8H2,1H3,(H,18,21). The molecule has 3 heterocycles. The van der Waals surface area contributed by atoms with Crippen LogP contribution in [-0.2, 0) is 14.8 Å². The molecule has 1 aliphatic rings. The molecule has 0 spiro atoms. The molecule has 2 aromatic rings. The number of halogens is 1. The quantitative estimate of drug-likeness (QED) is 0.775. The Bertz CT molecular complexity index is 918. The number of amides is 2. The Labute approximate surface area is 165 Å². The average molecular weight is 432 g/mol. The van der Waals surface area contributed by atoms with Gasteiger partial charge in [-0.15, -0.1) is 11.3 Å². The van der Waals surface area contributed by atoms with Gasteiger partial charge in [0.25, 0.3) is 15.9 Å². The van der Waals surface area contributed by atoms with Crippen molar-refractivity contribution in [3.05, 3.63) is 40.6 Å². The van der Waals surface area contributed by atoms with Gasteiger partial charge < -0.3 is 14.6 Å². The highest BCUT2D eigenvalue weighted by molar-refractivity contribution is 7.91. The molecule has 1 N–H and O–H groups in total. The third-order valence-electron chi connectivity index (χ3n) is 4.19. The van der Waals surface area contributed by atoms with Crippen LogP contribution < -0.4 is 5.32 Å². The lowest BCUT2D eigenvalue weighted by atomic mass is 10.2. The number of piperazine rings is 1. The van der Waals surface area contributed by atoms with E-state index in [1.54, 1.807) is 17.9 Å². The number of hydrogen-bond donors (Lipinski definition) is 1. The fourth-order valence-corrected chi connectivity index (χ4v) is 5.78. The van der Waals surface area contributed by atoms with E-state index in [0.717, 1.165) is 11.3 Å². The highest BCUT2D eigenvalue weighted by Crippen LogP contribution is 2.28. The van der Waals surface area contributed by atoms with Crippen LogP contribution in [0.5, 0.6) is 0 Å². The summed E-state index contributed by atoms with van der Waals surface area (Å²) in [5.41, 5.74) is 0.333. The summed E-state index contributed by atoms with van der Waals surface area (Å²) in [6, 6.07) is 3.80. The van der Waals surface area contributed by atoms with Crippen LogP contribution in [0.4, 0.5) is 0 Å². The summed E-state index contributed by atoms with van der Waals surface area (Å²) < 4.78 is 32.0. The number of hydrogen-bond acceptors (Lipinski definition) is 6. The number of nitrogens with zero attached hydrogens (tertiary/aromatic N) is 2. The van der Waals surface area contributed by atoms with Crippen LogP contribution in [0.25, 0.3) is 0 Å². The Kier molecular flexibility index (Phi) is 5.89. The van der Waals surface area contributed by atoms with Gasteiger partial charge in [0.1, 0.15) is 16.5 Å². The van der Waals surface area contributed by atoms with Gasteiger partial charge in [0.2, 0.25) is 5.91 Å². The van der Waals surface area contributed by atoms with Gasteiger partial charge in [-0.2, -0.15) is 4.31 Å². The summed E-state index contributed by atoms with van der Waals surface area (Å²) in [5, 5.41) is 2.61. The first-order valence-corrected chi connectivity index (χ1v) is 10.8. The van der Waals surface area contributed by atoms with E-state index in [1.165, 1.54) is 29.0 Å². The van der Waals surface area contributed by atoms with Crippen LogP contribution in [0.2, 0.25) is 4.34 Å². The van der Waals surface area contributed by atoms with E-state index < -0.39 is 22.0 Å². The van der Waals surface area contributed by atoms with Gasteiger partial charge in [-0.25, -0.2) is 8.42 Å². The normalized spacial score (nSPS) is 16.9. The molecule has 27 heavy (non-hydrogen) atoms. The lowest BCUT2D eigenvalue weighted by molar-refractivity contribution is -0.134. The van der Waals surface area contributed by atoms with Crippen molar-refractivity contribution in [2.45, 2.75) is 17.2 Å². The molecule has 0 saturated carbocycles. The minimum atomic E-state index is -3.61. The zero-order valence-corrected chi connectivity index (χ0v) is 16.8. The first kappa shape index (κ1) is 19.9. The highest BCUT2D eigenvalue weighted by atomic mass is 35.5. The Balaban J connectivity index is 1.56. The molecule has 0 aliphatic carbocycles. The molecular weight excluding hydrogens is 414 g/mol. The minimum absolute atomic E-state index is 0.186. The molecule has 1 saturated heterocycles. The van der Waals surface area contributed by atoms with E-state index >= 15 is 0 Å². The number of furan rings is 1. The molecule has 146 valence electrons. The number of thiophene rings is 1. The van der Waals surface area contributed by atoms with Crippen molar-refractivity contribution in [3.8, 4) is 0 Å². The second kappa shape index (κ2) is 8.01. The fourth-order valence-electron chi connectivity index (χ4n) is 2.72. The Hall–Kier alpha value is -1.88. The number of carbonyl (C=O) groups excluding carboxylic acids is 2. The van der Waals surface area contributed by atoms with Gasteiger partial charge in [0.05, 0.1) is 16.2 Å². The summed E-state index contributed by atoms with van der Waals surface area (Å²) >= 11 is 6.83. The second-order valence-electron chi connectivity index (χ2n) is 6.00. The van der Waals surface area contributed by atoms with Crippen LogP contribution in [0.1, 0.15) is 17.3 Å². The fraction of sp³-hybridized carbons (Fsp3) is 0.375. The van der Waals surface area contributed by atoms with E-state index in [4.69, 9.17) is 16.0 Å². The summed E-state index contributed by atoms with van der Waals surface area (Å²) in [4.78, 5) is 26.1. The summed E-state index contributed by atoms with van der Waals surface area (Å²) in [6.07, 6.45) is 2.68. The van der Waals surface area contributed by atoms with Gasteiger partial charge >= 0.3 is 0 Å². The lowest BCUT2D eigenvalue weighted by Gasteiger charge is -2.35. The van der Waals surface area contributed by atoms with Crippen LogP contribution >= 0.6 is 22.9 Å². The van der Waals surface area contributed by atoms with Gasteiger partial charge in [0, 0.05) is 26.2 Å². The maximum atomic E-state index is 12.6. The topological polar surface area (TPSA) is 99.9 Å². The number of nitrogens with one attached hydrogen (secondary N) is 1. The molecule has 2 amide bonds. The summed E-state index contributed by atoms with van der Waals surface area (Å²) in [7, 11) is -3.61. The molecule has 3 rings (SSSR count). The Morgan fingerprint density at radius 3 is 2.48 bits per heavy atom. The van der Waals surface area contributed by atoms with Crippen molar-refractivity contribution < 1.29 is 22.4 Å². The zero-order chi connectivity index (χ0) is 19.6. The third kappa shape index (κ3) is 4.34. The monoisotopic (exact) mass is 431 g/mol. The molecule has 1 fully saturated rings. The summed E-state index contributed by atoms with van der Waals surface area (Å²) in [6.45, 7) is 2.47. The first-order chi connectivity index (χ1) is 12.8. The van der Waals surface area contributed by atoms with E-state index in [-0.39, 0.29) is 36.3 Å². The largest absolute Gasteiger partial charge is 0.472 e. The molecule has 0 radical (unpaired) electrons. The Morgan fingerprint density at radius 1 is 1.22 bits per heavy atom. The molecule has 8 nitrogen and oxygen atoms in total. The molecule has 2 aromatic heterocycles. The van der Waals surface area contributed by atoms with Crippen LogP contribution in [-0.4, -0.2) is 61.7 Å². The van der Waals surface area contributed by atoms with E-state index in [1.807, 2.05) is 0 Å². The molecule has 1 aliphatic heterocycles. The smallest absolute Gasteiger partial charge is 0.255 e. The van der Waals surface area contributed by atoms with Crippen molar-refractivity contribution >= 4 is 44.8 Å². The molecule has 0 bridgehead atoms. The van der Waals surface area contributed by atoms with Crippen LogP contribution in [0.3, 0.4) is 0 Å². The molecule has 11 heteroatoms. The van der Waals surface area contributed by atoms with Gasteiger partial charge in [-0.05, 0) is 25.1 Å². The second-order valence-corrected chi connectivity index (χ2v) is 9.87. The van der Waals surface area contributed by atoms with Crippen LogP contribution in [0.15, 0.2) is 39.4 Å². The van der Waals surface area contributed by atoms with Crippen molar-refractivity contribution in [3.63, 3.8) is 0 Å². The van der Waals surface area contributed by atoms with E-state index in [9.17, 15) is 18.0 Å². The third-order valence-corrected chi connectivity index (χ3v) is 7.79. The predicted octanol–water partition coefficient (Wildman–Crippen LogP) is 1.65. The molecular formula is C16H18ClN3O5S2. The van der Waals surface area contributed by atoms with Crippen LogP contribution in [0, 0.1) is 0 Å². The maximum Gasteiger partial charge on any atom is 0.255 e. The minimum Gasteiger partial charge on any atom is -0.472 e. The zero-order valence-electron chi connectivity index (χ0n) is 14.4. The van der Waals surface area contributed by atoms with Crippen molar-refractivity contribution in [2.24, 2.45) is 0 Å². The number of sulfonamides is 1. The van der Waals surface area contributed by atoms with E-state index in [0.29, 0.717) is 9.90 Å². The first-order valence-electron chi connectivity index (χ1n) is 8.16. The number of carbonyl (C=O) groups is 2. The highest BCUT2D eigenvalue weighted by Gasteiger charge is 2.32. The SMILES string of the molecule is CC(NC(=O)c1ccoc1)C(=O)N1CCN(S(=O)(=O)c2ccc(Cl)s2)CC1. The molecule has 0 aromatic carbocycles. The number of rotatable bonds is 5. The van der Waals surface area contributed by atoms with Crippen molar-refractivity contribution in [1.29, 1.82) is 0 Å². The molecule has 1 atom stereocenters. The maximum absolute atomic E-state index is 12.6.